The van der Waals surface area contributed by atoms with Crippen LogP contribution in [0.25, 0.3) is 0 Å². The molecule has 25 heavy (non-hydrogen) atoms. The van der Waals surface area contributed by atoms with E-state index >= 15 is 0 Å². The minimum atomic E-state index is -0.335. The van der Waals surface area contributed by atoms with E-state index in [0.717, 1.165) is 5.56 Å². The normalized spacial score (nSPS) is 10.4. The van der Waals surface area contributed by atoms with Gasteiger partial charge >= 0.3 is 0 Å². The fourth-order valence-electron chi connectivity index (χ4n) is 2.05. The molecular formula is C18H19Cl2NO4. The molecule has 1 amide bonds. The van der Waals surface area contributed by atoms with Gasteiger partial charge in [-0.3, -0.25) is 4.79 Å². The van der Waals surface area contributed by atoms with Gasteiger partial charge in [0.2, 0.25) is 0 Å². The highest BCUT2D eigenvalue weighted by molar-refractivity contribution is 6.32. The second-order valence-corrected chi connectivity index (χ2v) is 5.97. The maximum Gasteiger partial charge on any atom is 0.262 e. The number of ether oxygens (including phenoxy) is 3. The average molecular weight is 384 g/mol. The van der Waals surface area contributed by atoms with Crippen molar-refractivity contribution in [2.75, 3.05) is 32.2 Å². The lowest BCUT2D eigenvalue weighted by atomic mass is 10.2. The largest absolute Gasteiger partial charge is 0.487 e. The molecule has 0 radical (unpaired) electrons. The van der Waals surface area contributed by atoms with Crippen molar-refractivity contribution in [1.82, 2.24) is 0 Å². The molecule has 2 aromatic carbocycles. The lowest BCUT2D eigenvalue weighted by molar-refractivity contribution is -0.118. The number of hydrogen-bond donors (Lipinski definition) is 1. The number of carbonyl (C=O) groups excluding carboxylic acids is 1. The summed E-state index contributed by atoms with van der Waals surface area (Å²) in [5.41, 5.74) is 1.25. The van der Waals surface area contributed by atoms with Gasteiger partial charge in [0.05, 0.1) is 17.3 Å². The van der Waals surface area contributed by atoms with Crippen LogP contribution in [0, 0.1) is 6.92 Å². The molecule has 0 aliphatic rings. The number of carbonyl (C=O) groups is 1. The van der Waals surface area contributed by atoms with Crippen molar-refractivity contribution < 1.29 is 19.0 Å². The summed E-state index contributed by atoms with van der Waals surface area (Å²) in [7, 11) is 1.58. The van der Waals surface area contributed by atoms with Crippen LogP contribution < -0.4 is 14.8 Å². The van der Waals surface area contributed by atoms with Crippen LogP contribution >= 0.6 is 23.2 Å². The molecule has 0 bridgehead atoms. The van der Waals surface area contributed by atoms with Gasteiger partial charge in [0.25, 0.3) is 5.91 Å². The number of benzene rings is 2. The fraction of sp³-hybridized carbons (Fsp3) is 0.278. The molecule has 0 spiro atoms. The second kappa shape index (κ2) is 9.51. The lowest BCUT2D eigenvalue weighted by Crippen LogP contribution is -2.21. The maximum absolute atomic E-state index is 12.2. The Kier molecular flexibility index (Phi) is 7.37. The minimum Gasteiger partial charge on any atom is -0.487 e. The lowest BCUT2D eigenvalue weighted by Gasteiger charge is -2.14. The number of anilines is 1. The van der Waals surface area contributed by atoms with Gasteiger partial charge in [0.15, 0.2) is 12.4 Å². The second-order valence-electron chi connectivity index (χ2n) is 5.16. The Morgan fingerprint density at radius 1 is 1.04 bits per heavy atom. The summed E-state index contributed by atoms with van der Waals surface area (Å²) >= 11 is 12.2. The zero-order valence-electron chi connectivity index (χ0n) is 14.0. The Bertz CT molecular complexity index is 737. The van der Waals surface area contributed by atoms with Gasteiger partial charge in [-0.2, -0.15) is 0 Å². The molecule has 0 saturated heterocycles. The van der Waals surface area contributed by atoms with Crippen LogP contribution in [0.15, 0.2) is 36.4 Å². The van der Waals surface area contributed by atoms with E-state index in [-0.39, 0.29) is 12.5 Å². The highest BCUT2D eigenvalue weighted by atomic mass is 35.5. The quantitative estimate of drug-likeness (QED) is 0.688. The summed E-state index contributed by atoms with van der Waals surface area (Å²) in [4.78, 5) is 12.2. The summed E-state index contributed by atoms with van der Waals surface area (Å²) in [6.45, 7) is 2.40. The maximum atomic E-state index is 12.2. The number of methoxy groups -OCH3 is 1. The SMILES string of the molecule is COCCOc1c(Cl)cccc1NC(=O)COc1cccc(Cl)c1C. The van der Waals surface area contributed by atoms with Crippen molar-refractivity contribution in [2.24, 2.45) is 0 Å². The van der Waals surface area contributed by atoms with E-state index in [4.69, 9.17) is 37.4 Å². The number of rotatable bonds is 8. The Labute approximate surface area is 156 Å². The van der Waals surface area contributed by atoms with Crippen molar-refractivity contribution in [3.05, 3.63) is 52.0 Å². The van der Waals surface area contributed by atoms with E-state index in [2.05, 4.69) is 5.32 Å². The van der Waals surface area contributed by atoms with Crippen LogP contribution in [-0.2, 0) is 9.53 Å². The van der Waals surface area contributed by atoms with Gasteiger partial charge < -0.3 is 19.5 Å². The smallest absolute Gasteiger partial charge is 0.262 e. The van der Waals surface area contributed by atoms with Crippen LogP contribution in [0.3, 0.4) is 0 Å². The van der Waals surface area contributed by atoms with Crippen molar-refractivity contribution in [3.8, 4) is 11.5 Å². The highest BCUT2D eigenvalue weighted by Crippen LogP contribution is 2.33. The van der Waals surface area contributed by atoms with Crippen LogP contribution in [0.5, 0.6) is 11.5 Å². The van der Waals surface area contributed by atoms with Crippen molar-refractivity contribution in [2.45, 2.75) is 6.92 Å². The predicted octanol–water partition coefficient (Wildman–Crippen LogP) is 4.34. The fourth-order valence-corrected chi connectivity index (χ4v) is 2.45. The molecule has 134 valence electrons. The molecular weight excluding hydrogens is 365 g/mol. The topological polar surface area (TPSA) is 56.8 Å². The van der Waals surface area contributed by atoms with E-state index < -0.39 is 0 Å². The van der Waals surface area contributed by atoms with E-state index in [0.29, 0.717) is 40.4 Å². The Morgan fingerprint density at radius 3 is 2.52 bits per heavy atom. The third kappa shape index (κ3) is 5.53. The molecule has 5 nitrogen and oxygen atoms in total. The molecule has 0 unspecified atom stereocenters. The van der Waals surface area contributed by atoms with Crippen LogP contribution in [0.2, 0.25) is 10.0 Å². The molecule has 1 N–H and O–H groups in total. The Morgan fingerprint density at radius 2 is 1.76 bits per heavy atom. The predicted molar refractivity (Wildman–Crippen MR) is 99.1 cm³/mol. The first-order valence-electron chi connectivity index (χ1n) is 7.61. The van der Waals surface area contributed by atoms with E-state index in [1.807, 2.05) is 6.92 Å². The Hall–Kier alpha value is -1.95. The Balaban J connectivity index is 2.00. The summed E-state index contributed by atoms with van der Waals surface area (Å²) in [5, 5.41) is 3.72. The van der Waals surface area contributed by atoms with Gasteiger partial charge in [-0.1, -0.05) is 35.3 Å². The first-order chi connectivity index (χ1) is 12.0. The van der Waals surface area contributed by atoms with E-state index in [1.54, 1.807) is 43.5 Å². The van der Waals surface area contributed by atoms with Gasteiger partial charge in [-0.25, -0.2) is 0 Å². The molecule has 7 heteroatoms. The first kappa shape index (κ1) is 19.4. The monoisotopic (exact) mass is 383 g/mol. The average Bonchev–Trinajstić information content (AvgIpc) is 2.59. The number of para-hydroxylation sites is 1. The van der Waals surface area contributed by atoms with Crippen molar-refractivity contribution >= 4 is 34.8 Å². The zero-order valence-corrected chi connectivity index (χ0v) is 15.5. The number of halogens is 2. The van der Waals surface area contributed by atoms with Crippen molar-refractivity contribution in [1.29, 1.82) is 0 Å². The number of amides is 1. The molecule has 0 aliphatic heterocycles. The molecule has 0 aliphatic carbocycles. The molecule has 0 saturated carbocycles. The summed E-state index contributed by atoms with van der Waals surface area (Å²) in [5.74, 6) is 0.622. The molecule has 2 rings (SSSR count). The summed E-state index contributed by atoms with van der Waals surface area (Å²) in [6.07, 6.45) is 0. The standard InChI is InChI=1S/C18H19Cl2NO4/c1-12-13(19)5-4-8-16(12)25-11-17(22)21-15-7-3-6-14(20)18(15)24-10-9-23-2/h3-8H,9-11H2,1-2H3,(H,21,22). The third-order valence-electron chi connectivity index (χ3n) is 3.35. The molecule has 2 aromatic rings. The van der Waals surface area contributed by atoms with Gasteiger partial charge in [-0.15, -0.1) is 0 Å². The van der Waals surface area contributed by atoms with Crippen LogP contribution in [-0.4, -0.2) is 32.8 Å². The summed E-state index contributed by atoms with van der Waals surface area (Å²) in [6, 6.07) is 10.4. The number of hydrogen-bond acceptors (Lipinski definition) is 4. The van der Waals surface area contributed by atoms with Gasteiger partial charge in [0, 0.05) is 17.7 Å². The minimum absolute atomic E-state index is 0.162. The zero-order chi connectivity index (χ0) is 18.2. The van der Waals surface area contributed by atoms with Crippen molar-refractivity contribution in [3.63, 3.8) is 0 Å². The number of nitrogens with one attached hydrogen (secondary N) is 1. The molecule has 0 aromatic heterocycles. The highest BCUT2D eigenvalue weighted by Gasteiger charge is 2.13. The van der Waals surface area contributed by atoms with Gasteiger partial charge in [0.1, 0.15) is 12.4 Å². The first-order valence-corrected chi connectivity index (χ1v) is 8.36. The third-order valence-corrected chi connectivity index (χ3v) is 4.06. The molecule has 0 atom stereocenters. The molecule has 0 heterocycles. The molecule has 0 fully saturated rings. The van der Waals surface area contributed by atoms with E-state index in [1.165, 1.54) is 0 Å². The van der Waals surface area contributed by atoms with Crippen LogP contribution in [0.1, 0.15) is 5.56 Å². The van der Waals surface area contributed by atoms with Crippen LogP contribution in [0.4, 0.5) is 5.69 Å². The van der Waals surface area contributed by atoms with Gasteiger partial charge in [-0.05, 0) is 31.2 Å². The van der Waals surface area contributed by atoms with E-state index in [9.17, 15) is 4.79 Å². The summed E-state index contributed by atoms with van der Waals surface area (Å²) < 4.78 is 16.1.